The summed E-state index contributed by atoms with van der Waals surface area (Å²) in [6, 6.07) is 14.6. The molecule has 0 radical (unpaired) electrons. The number of piperidine rings is 1. The van der Waals surface area contributed by atoms with Crippen molar-refractivity contribution >= 4 is 40.9 Å². The second-order valence-electron chi connectivity index (χ2n) is 13.3. The van der Waals surface area contributed by atoms with Gasteiger partial charge < -0.3 is 35.8 Å². The van der Waals surface area contributed by atoms with Crippen molar-refractivity contribution in [2.45, 2.75) is 70.3 Å². The highest BCUT2D eigenvalue weighted by Gasteiger charge is 2.33. The number of aromatic amines is 2. The van der Waals surface area contributed by atoms with E-state index in [4.69, 9.17) is 0 Å². The Morgan fingerprint density at radius 1 is 1.00 bits per heavy atom. The van der Waals surface area contributed by atoms with Crippen LogP contribution in [0, 0.1) is 11.8 Å². The standard InChI is InChI=1S/C34H46BN7O4/c1-22(27-21-36-28-11-4-3-10-26(27)28)31(32(43)37-19-23-8-7-9-24(18-23)20-38-35(2)46)40-33(44)41-16-14-25(15-17-41)42-30-13-6-5-12-29(30)39-34(42)45/h3-6,10-13,21-25,31,36,38,46H,7-9,14-20H2,1-2H3,(H,37,43)(H,39,45)(H,40,44)/t22-,23+,24-,31+/m0/s1. The largest absolute Gasteiger partial charge is 0.437 e. The molecule has 4 aromatic rings. The first kappa shape index (κ1) is 31.9. The third-order valence-electron chi connectivity index (χ3n) is 10.1. The van der Waals surface area contributed by atoms with Crippen molar-refractivity contribution in [2.75, 3.05) is 26.2 Å². The number of carbonyl (C=O) groups is 2. The van der Waals surface area contributed by atoms with Gasteiger partial charge >= 0.3 is 18.8 Å². The molecule has 0 bridgehead atoms. The molecule has 0 spiro atoms. The zero-order chi connectivity index (χ0) is 32.2. The van der Waals surface area contributed by atoms with Gasteiger partial charge in [0.2, 0.25) is 5.91 Å². The minimum Gasteiger partial charge on any atom is -0.437 e. The van der Waals surface area contributed by atoms with E-state index in [9.17, 15) is 19.4 Å². The molecular formula is C34H46BN7O4. The second kappa shape index (κ2) is 14.2. The number of H-pyrrole nitrogens is 2. The molecule has 244 valence electrons. The van der Waals surface area contributed by atoms with Crippen molar-refractivity contribution in [3.05, 3.63) is 70.8 Å². The molecule has 0 unspecified atom stereocenters. The van der Waals surface area contributed by atoms with Crippen LogP contribution >= 0.6 is 0 Å². The number of imidazole rings is 1. The summed E-state index contributed by atoms with van der Waals surface area (Å²) in [5.74, 6) is 0.353. The molecule has 1 saturated heterocycles. The highest BCUT2D eigenvalue weighted by molar-refractivity contribution is 6.45. The number of para-hydroxylation sites is 3. The third kappa shape index (κ3) is 7.02. The number of carbonyl (C=O) groups excluding carboxylic acids is 2. The lowest BCUT2D eigenvalue weighted by Crippen LogP contribution is -2.55. The lowest BCUT2D eigenvalue weighted by Gasteiger charge is -2.35. The summed E-state index contributed by atoms with van der Waals surface area (Å²) in [6.07, 6.45) is 7.49. The molecule has 2 aromatic carbocycles. The number of urea groups is 1. The van der Waals surface area contributed by atoms with Gasteiger partial charge in [-0.15, -0.1) is 0 Å². The Hall–Kier alpha value is -4.03. The van der Waals surface area contributed by atoms with E-state index in [0.717, 1.165) is 59.7 Å². The van der Waals surface area contributed by atoms with Crippen LogP contribution in [-0.2, 0) is 4.79 Å². The molecule has 2 aliphatic rings. The number of likely N-dealkylation sites (tertiary alicyclic amines) is 1. The molecule has 1 saturated carbocycles. The van der Waals surface area contributed by atoms with Crippen LogP contribution < -0.4 is 21.6 Å². The number of nitrogens with one attached hydrogen (secondary N) is 5. The van der Waals surface area contributed by atoms with Gasteiger partial charge in [-0.05, 0) is 81.1 Å². The van der Waals surface area contributed by atoms with Crippen LogP contribution in [0.2, 0.25) is 6.82 Å². The summed E-state index contributed by atoms with van der Waals surface area (Å²) in [4.78, 5) is 48.4. The van der Waals surface area contributed by atoms with Crippen LogP contribution in [0.25, 0.3) is 21.9 Å². The smallest absolute Gasteiger partial charge is 0.373 e. The van der Waals surface area contributed by atoms with E-state index in [-0.39, 0.29) is 29.6 Å². The second-order valence-corrected chi connectivity index (χ2v) is 13.3. The first-order valence-corrected chi connectivity index (χ1v) is 16.8. The number of rotatable bonds is 10. The van der Waals surface area contributed by atoms with Crippen LogP contribution in [0.1, 0.15) is 63.0 Å². The SMILES string of the molecule is CB(O)NC[C@H]1CCC[C@@H](CNC(=O)[C@H](NC(=O)N2CCC(n3c(=O)[nH]c4ccccc43)CC2)[C@@H](C)c2c[nH]c3ccccc23)C1. The Balaban J connectivity index is 1.13. The molecule has 1 aliphatic carbocycles. The van der Waals surface area contributed by atoms with E-state index >= 15 is 0 Å². The van der Waals surface area contributed by atoms with Crippen molar-refractivity contribution in [2.24, 2.45) is 11.8 Å². The maximum absolute atomic E-state index is 13.9. The van der Waals surface area contributed by atoms with Gasteiger partial charge in [0, 0.05) is 48.7 Å². The first-order valence-electron chi connectivity index (χ1n) is 16.8. The van der Waals surface area contributed by atoms with Crippen LogP contribution in [0.3, 0.4) is 0 Å². The fraction of sp³-hybridized carbons (Fsp3) is 0.500. The number of amides is 3. The maximum atomic E-state index is 13.9. The topological polar surface area (TPSA) is 147 Å². The van der Waals surface area contributed by atoms with Gasteiger partial charge in [0.25, 0.3) is 0 Å². The average molecular weight is 628 g/mol. The normalized spacial score (nSPS) is 20.5. The van der Waals surface area contributed by atoms with Crippen LogP contribution in [0.15, 0.2) is 59.5 Å². The number of nitrogens with zero attached hydrogens (tertiary/aromatic N) is 2. The first-order chi connectivity index (χ1) is 22.3. The minimum atomic E-state index is -0.767. The average Bonchev–Trinajstić information content (AvgIpc) is 3.65. The fourth-order valence-corrected chi connectivity index (χ4v) is 7.52. The monoisotopic (exact) mass is 627 g/mol. The number of hydrogen-bond donors (Lipinski definition) is 6. The van der Waals surface area contributed by atoms with Gasteiger partial charge in [0.15, 0.2) is 0 Å². The Morgan fingerprint density at radius 2 is 1.70 bits per heavy atom. The van der Waals surface area contributed by atoms with Crippen molar-refractivity contribution in [1.82, 2.24) is 35.3 Å². The van der Waals surface area contributed by atoms with Crippen molar-refractivity contribution < 1.29 is 14.6 Å². The van der Waals surface area contributed by atoms with Gasteiger partial charge in [-0.1, -0.05) is 43.7 Å². The lowest BCUT2D eigenvalue weighted by molar-refractivity contribution is -0.123. The number of aromatic nitrogens is 3. The number of hydrogen-bond acceptors (Lipinski definition) is 5. The van der Waals surface area contributed by atoms with Crippen molar-refractivity contribution in [1.29, 1.82) is 0 Å². The quantitative estimate of drug-likeness (QED) is 0.148. The van der Waals surface area contributed by atoms with Gasteiger partial charge in [0.1, 0.15) is 6.04 Å². The van der Waals surface area contributed by atoms with E-state index in [2.05, 4.69) is 25.8 Å². The van der Waals surface area contributed by atoms with Gasteiger partial charge in [-0.2, -0.15) is 0 Å². The van der Waals surface area contributed by atoms with Crippen molar-refractivity contribution in [3.8, 4) is 0 Å². The number of benzene rings is 2. The minimum absolute atomic E-state index is 0.00736. The Bertz CT molecular complexity index is 1710. The maximum Gasteiger partial charge on any atom is 0.373 e. The molecule has 1 aliphatic heterocycles. The summed E-state index contributed by atoms with van der Waals surface area (Å²) in [5, 5.41) is 20.1. The van der Waals surface area contributed by atoms with Gasteiger partial charge in [0.05, 0.1) is 11.0 Å². The predicted molar refractivity (Wildman–Crippen MR) is 182 cm³/mol. The summed E-state index contributed by atoms with van der Waals surface area (Å²) in [5.41, 5.74) is 3.53. The molecule has 4 atom stereocenters. The third-order valence-corrected chi connectivity index (χ3v) is 10.1. The molecule has 6 N–H and O–H groups in total. The van der Waals surface area contributed by atoms with E-state index in [1.807, 2.05) is 66.2 Å². The van der Waals surface area contributed by atoms with E-state index in [1.54, 1.807) is 11.7 Å². The zero-order valence-corrected chi connectivity index (χ0v) is 26.8. The molecule has 46 heavy (non-hydrogen) atoms. The highest BCUT2D eigenvalue weighted by Crippen LogP contribution is 2.31. The van der Waals surface area contributed by atoms with Crippen molar-refractivity contribution in [3.63, 3.8) is 0 Å². The summed E-state index contributed by atoms with van der Waals surface area (Å²) >= 11 is 0. The fourth-order valence-electron chi connectivity index (χ4n) is 7.52. The highest BCUT2D eigenvalue weighted by atomic mass is 16.2. The van der Waals surface area contributed by atoms with Crippen LogP contribution in [-0.4, -0.2) is 75.7 Å². The molecule has 11 nitrogen and oxygen atoms in total. The molecule has 2 aromatic heterocycles. The van der Waals surface area contributed by atoms with E-state index in [1.165, 1.54) is 0 Å². The lowest BCUT2D eigenvalue weighted by atomic mass is 9.79. The van der Waals surface area contributed by atoms with Crippen LogP contribution in [0.4, 0.5) is 4.79 Å². The molecule has 3 amide bonds. The summed E-state index contributed by atoms with van der Waals surface area (Å²) in [6.45, 7) is 6.03. The molecule has 6 rings (SSSR count). The molecule has 2 fully saturated rings. The zero-order valence-electron chi connectivity index (χ0n) is 26.8. The van der Waals surface area contributed by atoms with Gasteiger partial charge in [-0.3, -0.25) is 9.36 Å². The van der Waals surface area contributed by atoms with Gasteiger partial charge in [-0.25, -0.2) is 9.59 Å². The molecular weight excluding hydrogens is 581 g/mol. The van der Waals surface area contributed by atoms with E-state index < -0.39 is 13.1 Å². The predicted octanol–water partition coefficient (Wildman–Crippen LogP) is 3.95. The Labute approximate surface area is 269 Å². The Morgan fingerprint density at radius 3 is 2.46 bits per heavy atom. The molecule has 12 heteroatoms. The van der Waals surface area contributed by atoms with E-state index in [0.29, 0.717) is 44.3 Å². The Kier molecular flexibility index (Phi) is 9.84. The summed E-state index contributed by atoms with van der Waals surface area (Å²) in [7, 11) is -0.530. The number of fused-ring (bicyclic) bond motifs is 2. The summed E-state index contributed by atoms with van der Waals surface area (Å²) < 4.78 is 1.82. The van der Waals surface area contributed by atoms with Crippen LogP contribution in [0.5, 0.6) is 0 Å². The molecule has 3 heterocycles.